The van der Waals surface area contributed by atoms with Crippen LogP contribution in [-0.2, 0) is 6.42 Å². The van der Waals surface area contributed by atoms with Crippen molar-refractivity contribution in [2.75, 3.05) is 0 Å². The van der Waals surface area contributed by atoms with E-state index >= 15 is 0 Å². The summed E-state index contributed by atoms with van der Waals surface area (Å²) in [4.78, 5) is 16.8. The Labute approximate surface area is 146 Å². The van der Waals surface area contributed by atoms with Gasteiger partial charge in [0.2, 0.25) is 5.82 Å². The van der Waals surface area contributed by atoms with E-state index in [1.54, 1.807) is 18.2 Å². The first-order chi connectivity index (χ1) is 12.1. The predicted molar refractivity (Wildman–Crippen MR) is 91.0 cm³/mol. The van der Waals surface area contributed by atoms with Crippen molar-refractivity contribution in [3.63, 3.8) is 0 Å². The van der Waals surface area contributed by atoms with Crippen molar-refractivity contribution in [1.82, 2.24) is 20.1 Å². The summed E-state index contributed by atoms with van der Waals surface area (Å²) in [5.41, 5.74) is 0.273. The summed E-state index contributed by atoms with van der Waals surface area (Å²) >= 11 is 0. The first-order valence-corrected chi connectivity index (χ1v) is 8.80. The van der Waals surface area contributed by atoms with E-state index in [2.05, 4.69) is 15.4 Å². The molecule has 25 heavy (non-hydrogen) atoms. The lowest BCUT2D eigenvalue weighted by molar-refractivity contribution is 0.0710. The van der Waals surface area contributed by atoms with E-state index in [1.807, 2.05) is 6.92 Å². The van der Waals surface area contributed by atoms with Crippen LogP contribution in [0.25, 0.3) is 5.69 Å². The maximum Gasteiger partial charge on any atom is 0.291 e. The lowest BCUT2D eigenvalue weighted by Gasteiger charge is -2.27. The number of nitrogens with one attached hydrogen (secondary N) is 1. The average Bonchev–Trinajstić information content (AvgIpc) is 3.02. The number of para-hydroxylation sites is 1. The molecule has 2 N–H and O–H groups in total. The van der Waals surface area contributed by atoms with E-state index < -0.39 is 17.8 Å². The quantitative estimate of drug-likeness (QED) is 0.871. The topological polar surface area (TPSA) is 80.0 Å². The smallest absolute Gasteiger partial charge is 0.291 e. The highest BCUT2D eigenvalue weighted by molar-refractivity contribution is 5.90. The molecule has 0 radical (unpaired) electrons. The van der Waals surface area contributed by atoms with Gasteiger partial charge in [-0.15, -0.1) is 5.10 Å². The summed E-state index contributed by atoms with van der Waals surface area (Å²) < 4.78 is 15.5. The van der Waals surface area contributed by atoms with Gasteiger partial charge in [-0.1, -0.05) is 31.9 Å². The lowest BCUT2D eigenvalue weighted by atomic mass is 9.92. The number of hydrogen-bond acceptors (Lipinski definition) is 4. The standard InChI is InChI=1S/C18H23FN4O2/c1-2-7-16-21-17(18(25)20-13-9-4-6-11-15(13)24)22-23(16)14-10-5-3-8-12(14)19/h3,5,8,10,13,15,24H,2,4,6-7,9,11H2,1H3,(H,20,25). The van der Waals surface area contributed by atoms with Crippen molar-refractivity contribution >= 4 is 5.91 Å². The van der Waals surface area contributed by atoms with E-state index in [1.165, 1.54) is 10.7 Å². The number of carbonyl (C=O) groups excluding carboxylic acids is 1. The van der Waals surface area contributed by atoms with Gasteiger partial charge in [0.15, 0.2) is 0 Å². The SMILES string of the molecule is CCCc1nc(C(=O)NC2CCCCC2O)nn1-c1ccccc1F. The molecule has 1 saturated carbocycles. The van der Waals surface area contributed by atoms with E-state index in [4.69, 9.17) is 0 Å². The highest BCUT2D eigenvalue weighted by Gasteiger charge is 2.27. The first kappa shape index (κ1) is 17.5. The second kappa shape index (κ2) is 7.74. The number of aliphatic hydroxyl groups is 1. The van der Waals surface area contributed by atoms with Crippen LogP contribution in [0.3, 0.4) is 0 Å². The Kier molecular flexibility index (Phi) is 5.43. The van der Waals surface area contributed by atoms with Gasteiger partial charge in [-0.3, -0.25) is 4.79 Å². The minimum atomic E-state index is -0.540. The number of aromatic nitrogens is 3. The molecule has 2 aromatic rings. The van der Waals surface area contributed by atoms with Gasteiger partial charge >= 0.3 is 0 Å². The minimum Gasteiger partial charge on any atom is -0.391 e. The van der Waals surface area contributed by atoms with Gasteiger partial charge in [-0.25, -0.2) is 14.1 Å². The van der Waals surface area contributed by atoms with E-state index in [0.717, 1.165) is 25.7 Å². The van der Waals surface area contributed by atoms with Gasteiger partial charge < -0.3 is 10.4 Å². The fourth-order valence-electron chi connectivity index (χ4n) is 3.15. The van der Waals surface area contributed by atoms with Gasteiger partial charge in [0, 0.05) is 6.42 Å². The zero-order valence-electron chi connectivity index (χ0n) is 14.3. The second-order valence-electron chi connectivity index (χ2n) is 6.40. The molecule has 0 spiro atoms. The molecule has 0 saturated heterocycles. The Morgan fingerprint density at radius 2 is 2.12 bits per heavy atom. The summed E-state index contributed by atoms with van der Waals surface area (Å²) in [6.45, 7) is 1.98. The average molecular weight is 346 g/mol. The minimum absolute atomic E-state index is 0.00414. The number of rotatable bonds is 5. The summed E-state index contributed by atoms with van der Waals surface area (Å²) in [7, 11) is 0. The van der Waals surface area contributed by atoms with Crippen molar-refractivity contribution in [3.8, 4) is 5.69 Å². The Hall–Kier alpha value is -2.28. The van der Waals surface area contributed by atoms with Gasteiger partial charge in [-0.2, -0.15) is 0 Å². The third kappa shape index (κ3) is 3.87. The molecule has 6 nitrogen and oxygen atoms in total. The van der Waals surface area contributed by atoms with Crippen LogP contribution in [0.1, 0.15) is 55.5 Å². The molecule has 2 atom stereocenters. The highest BCUT2D eigenvalue weighted by atomic mass is 19.1. The summed E-state index contributed by atoms with van der Waals surface area (Å²) in [5, 5.41) is 17.0. The number of aryl methyl sites for hydroxylation is 1. The molecule has 3 rings (SSSR count). The van der Waals surface area contributed by atoms with Crippen LogP contribution in [0.15, 0.2) is 24.3 Å². The molecule has 0 aliphatic heterocycles. The van der Waals surface area contributed by atoms with Crippen LogP contribution in [0, 0.1) is 5.82 Å². The number of amides is 1. The van der Waals surface area contributed by atoms with Crippen LogP contribution in [0.4, 0.5) is 4.39 Å². The third-order valence-electron chi connectivity index (χ3n) is 4.48. The van der Waals surface area contributed by atoms with Gasteiger partial charge in [0.1, 0.15) is 17.3 Å². The summed E-state index contributed by atoms with van der Waals surface area (Å²) in [5.74, 6) is -0.302. The molecule has 1 aromatic carbocycles. The maximum atomic E-state index is 14.1. The Morgan fingerprint density at radius 3 is 2.84 bits per heavy atom. The van der Waals surface area contributed by atoms with Crippen LogP contribution < -0.4 is 5.32 Å². The lowest BCUT2D eigenvalue weighted by Crippen LogP contribution is -2.45. The molecule has 1 aliphatic rings. The van der Waals surface area contributed by atoms with Crippen molar-refractivity contribution < 1.29 is 14.3 Å². The second-order valence-corrected chi connectivity index (χ2v) is 6.40. The molecule has 134 valence electrons. The highest BCUT2D eigenvalue weighted by Crippen LogP contribution is 2.19. The van der Waals surface area contributed by atoms with Crippen molar-refractivity contribution in [1.29, 1.82) is 0 Å². The first-order valence-electron chi connectivity index (χ1n) is 8.80. The zero-order valence-corrected chi connectivity index (χ0v) is 14.3. The summed E-state index contributed by atoms with van der Waals surface area (Å²) in [6.07, 6.45) is 4.21. The van der Waals surface area contributed by atoms with Crippen molar-refractivity contribution in [3.05, 3.63) is 41.7 Å². The Balaban J connectivity index is 1.86. The number of carbonyl (C=O) groups is 1. The fourth-order valence-corrected chi connectivity index (χ4v) is 3.15. The van der Waals surface area contributed by atoms with Gasteiger partial charge in [0.25, 0.3) is 5.91 Å². The summed E-state index contributed by atoms with van der Waals surface area (Å²) in [6, 6.07) is 6.00. The molecular formula is C18H23FN4O2. The van der Waals surface area contributed by atoms with Crippen molar-refractivity contribution in [2.45, 2.75) is 57.6 Å². The number of halogens is 1. The predicted octanol–water partition coefficient (Wildman–Crippen LogP) is 2.39. The number of nitrogens with zero attached hydrogens (tertiary/aromatic N) is 3. The molecule has 1 aliphatic carbocycles. The maximum absolute atomic E-state index is 14.1. The van der Waals surface area contributed by atoms with Crippen LogP contribution in [0.5, 0.6) is 0 Å². The molecular weight excluding hydrogens is 323 g/mol. The number of aliphatic hydroxyl groups excluding tert-OH is 1. The van der Waals surface area contributed by atoms with E-state index in [0.29, 0.717) is 18.7 Å². The molecule has 2 unspecified atom stereocenters. The third-order valence-corrected chi connectivity index (χ3v) is 4.48. The number of benzene rings is 1. The van der Waals surface area contributed by atoms with Crippen LogP contribution in [-0.4, -0.2) is 37.9 Å². The van der Waals surface area contributed by atoms with Crippen molar-refractivity contribution in [2.24, 2.45) is 0 Å². The monoisotopic (exact) mass is 346 g/mol. The number of hydrogen-bond donors (Lipinski definition) is 2. The van der Waals surface area contributed by atoms with Crippen LogP contribution in [0.2, 0.25) is 0 Å². The van der Waals surface area contributed by atoms with E-state index in [9.17, 15) is 14.3 Å². The molecule has 1 aromatic heterocycles. The molecule has 1 amide bonds. The van der Waals surface area contributed by atoms with Gasteiger partial charge in [0.05, 0.1) is 12.1 Å². The fraction of sp³-hybridized carbons (Fsp3) is 0.500. The molecule has 7 heteroatoms. The Bertz CT molecular complexity index is 746. The molecule has 1 fully saturated rings. The molecule has 1 heterocycles. The zero-order chi connectivity index (χ0) is 17.8. The Morgan fingerprint density at radius 1 is 1.36 bits per heavy atom. The molecule has 0 bridgehead atoms. The largest absolute Gasteiger partial charge is 0.391 e. The van der Waals surface area contributed by atoms with E-state index in [-0.39, 0.29) is 17.6 Å². The normalized spacial score (nSPS) is 20.4. The van der Waals surface area contributed by atoms with Gasteiger partial charge in [-0.05, 0) is 31.4 Å². The van der Waals surface area contributed by atoms with Crippen LogP contribution >= 0.6 is 0 Å².